The molecule has 0 aliphatic carbocycles. The zero-order valence-corrected chi connectivity index (χ0v) is 14.5. The summed E-state index contributed by atoms with van der Waals surface area (Å²) in [5.74, 6) is 6.56. The third-order valence-corrected chi connectivity index (χ3v) is 4.75. The van der Waals surface area contributed by atoms with Crippen LogP contribution in [0.4, 0.5) is 0 Å². The predicted octanol–water partition coefficient (Wildman–Crippen LogP) is 3.01. The van der Waals surface area contributed by atoms with Crippen molar-refractivity contribution in [1.82, 2.24) is 15.0 Å². The van der Waals surface area contributed by atoms with Crippen LogP contribution in [0.5, 0.6) is 5.75 Å². The molecule has 0 bridgehead atoms. The second-order valence-corrected chi connectivity index (χ2v) is 6.37. The average molecular weight is 371 g/mol. The lowest BCUT2D eigenvalue weighted by Gasteiger charge is -2.16. The van der Waals surface area contributed by atoms with E-state index < -0.39 is 0 Å². The Bertz CT molecular complexity index is 590. The maximum Gasteiger partial charge on any atom is 0.133 e. The van der Waals surface area contributed by atoms with Crippen molar-refractivity contribution in [2.75, 3.05) is 7.11 Å². The number of nitrogens with one attached hydrogen (secondary N) is 1. The second kappa shape index (κ2) is 7.84. The molecule has 5 nitrogen and oxygen atoms in total. The molecule has 0 saturated heterocycles. The van der Waals surface area contributed by atoms with Crippen LogP contribution >= 0.6 is 27.5 Å². The summed E-state index contributed by atoms with van der Waals surface area (Å²) < 4.78 is 10.3. The smallest absolute Gasteiger partial charge is 0.133 e. The van der Waals surface area contributed by atoms with Gasteiger partial charge in [0.25, 0.3) is 0 Å². The minimum Gasteiger partial charge on any atom is -0.496 e. The predicted molar refractivity (Wildman–Crippen MR) is 88.4 cm³/mol. The lowest BCUT2D eigenvalue weighted by molar-refractivity contribution is 0.412. The highest BCUT2D eigenvalue weighted by molar-refractivity contribution is 9.10. The van der Waals surface area contributed by atoms with E-state index in [-0.39, 0.29) is 6.04 Å². The van der Waals surface area contributed by atoms with E-state index in [1.807, 2.05) is 12.1 Å². The molecule has 1 heterocycles. The maximum atomic E-state index is 5.74. The molecule has 2 rings (SSSR count). The van der Waals surface area contributed by atoms with Gasteiger partial charge in [0, 0.05) is 0 Å². The SMILES string of the molecule is CCCc1nnsc1C(Cc1ccc(OC)c(Br)c1)NN. The zero-order chi connectivity index (χ0) is 15.2. The number of nitrogens with zero attached hydrogens (tertiary/aromatic N) is 2. The van der Waals surface area contributed by atoms with E-state index in [2.05, 4.69) is 43.9 Å². The summed E-state index contributed by atoms with van der Waals surface area (Å²) in [6.45, 7) is 2.13. The molecule has 0 aliphatic heterocycles. The van der Waals surface area contributed by atoms with Gasteiger partial charge in [0.1, 0.15) is 5.75 Å². The van der Waals surface area contributed by atoms with Crippen LogP contribution in [0.3, 0.4) is 0 Å². The molecule has 0 spiro atoms. The summed E-state index contributed by atoms with van der Waals surface area (Å²) in [5, 5.41) is 4.21. The number of halogens is 1. The third kappa shape index (κ3) is 4.00. The first kappa shape index (κ1) is 16.4. The normalized spacial score (nSPS) is 12.4. The summed E-state index contributed by atoms with van der Waals surface area (Å²) in [4.78, 5) is 1.12. The molecule has 1 unspecified atom stereocenters. The van der Waals surface area contributed by atoms with Crippen LogP contribution in [-0.4, -0.2) is 16.7 Å². The topological polar surface area (TPSA) is 73.1 Å². The first-order valence-corrected chi connectivity index (χ1v) is 8.35. The fourth-order valence-corrected chi connectivity index (χ4v) is 3.53. The number of aryl methyl sites for hydroxylation is 1. The quantitative estimate of drug-likeness (QED) is 0.578. The van der Waals surface area contributed by atoms with Crippen molar-refractivity contribution in [3.63, 3.8) is 0 Å². The highest BCUT2D eigenvalue weighted by Crippen LogP contribution is 2.29. The molecule has 2 aromatic rings. The molecule has 3 N–H and O–H groups in total. The number of hydrogen-bond donors (Lipinski definition) is 2. The molecule has 114 valence electrons. The number of rotatable bonds is 7. The van der Waals surface area contributed by atoms with Gasteiger partial charge in [-0.15, -0.1) is 5.10 Å². The third-order valence-electron chi connectivity index (χ3n) is 3.25. The first-order valence-electron chi connectivity index (χ1n) is 6.79. The van der Waals surface area contributed by atoms with E-state index in [1.54, 1.807) is 7.11 Å². The monoisotopic (exact) mass is 370 g/mol. The van der Waals surface area contributed by atoms with Gasteiger partial charge in [-0.1, -0.05) is 23.9 Å². The second-order valence-electron chi connectivity index (χ2n) is 4.73. The standard InChI is InChI=1S/C14H19BrN4OS/c1-3-4-11-14(21-19-18-11)12(17-16)8-9-5-6-13(20-2)10(15)7-9/h5-7,12,17H,3-4,8,16H2,1-2H3. The Kier molecular flexibility index (Phi) is 6.10. The number of aromatic nitrogens is 2. The fraction of sp³-hybridized carbons (Fsp3) is 0.429. The molecular weight excluding hydrogens is 352 g/mol. The molecule has 0 fully saturated rings. The van der Waals surface area contributed by atoms with Crippen molar-refractivity contribution >= 4 is 27.5 Å². The van der Waals surface area contributed by atoms with E-state index in [4.69, 9.17) is 10.6 Å². The van der Waals surface area contributed by atoms with Gasteiger partial charge in [-0.25, -0.2) is 0 Å². The first-order chi connectivity index (χ1) is 10.2. The van der Waals surface area contributed by atoms with Crippen molar-refractivity contribution in [3.8, 4) is 5.75 Å². The van der Waals surface area contributed by atoms with Crippen molar-refractivity contribution in [1.29, 1.82) is 0 Å². The number of ether oxygens (including phenoxy) is 1. The van der Waals surface area contributed by atoms with Crippen LogP contribution in [0.2, 0.25) is 0 Å². The van der Waals surface area contributed by atoms with Gasteiger partial charge in [0.2, 0.25) is 0 Å². The van der Waals surface area contributed by atoms with E-state index in [1.165, 1.54) is 17.1 Å². The number of hydrogen-bond acceptors (Lipinski definition) is 6. The van der Waals surface area contributed by atoms with Crippen LogP contribution in [0, 0.1) is 0 Å². The van der Waals surface area contributed by atoms with Gasteiger partial charge < -0.3 is 4.74 Å². The molecule has 0 aliphatic rings. The zero-order valence-electron chi connectivity index (χ0n) is 12.1. The fourth-order valence-electron chi connectivity index (χ4n) is 2.19. The Morgan fingerprint density at radius 3 is 2.90 bits per heavy atom. The highest BCUT2D eigenvalue weighted by Gasteiger charge is 2.18. The van der Waals surface area contributed by atoms with Crippen LogP contribution in [0.25, 0.3) is 0 Å². The summed E-state index contributed by atoms with van der Waals surface area (Å²) in [6, 6.07) is 6.07. The number of hydrazine groups is 1. The van der Waals surface area contributed by atoms with Crippen molar-refractivity contribution in [3.05, 3.63) is 38.8 Å². The van der Waals surface area contributed by atoms with Crippen molar-refractivity contribution in [2.45, 2.75) is 32.2 Å². The van der Waals surface area contributed by atoms with Crippen LogP contribution in [0.1, 0.15) is 35.5 Å². The molecule has 1 aromatic carbocycles. The van der Waals surface area contributed by atoms with Crippen LogP contribution in [-0.2, 0) is 12.8 Å². The Morgan fingerprint density at radius 2 is 2.29 bits per heavy atom. The molecule has 21 heavy (non-hydrogen) atoms. The van der Waals surface area contributed by atoms with Gasteiger partial charge in [-0.05, 0) is 58.0 Å². The lowest BCUT2D eigenvalue weighted by Crippen LogP contribution is -2.29. The minimum absolute atomic E-state index is 0.0202. The lowest BCUT2D eigenvalue weighted by atomic mass is 10.0. The van der Waals surface area contributed by atoms with Gasteiger partial charge >= 0.3 is 0 Å². The molecule has 7 heteroatoms. The summed E-state index contributed by atoms with van der Waals surface area (Å²) >= 11 is 4.92. The van der Waals surface area contributed by atoms with E-state index in [9.17, 15) is 0 Å². The van der Waals surface area contributed by atoms with Gasteiger partial charge in [-0.2, -0.15) is 0 Å². The number of methoxy groups -OCH3 is 1. The molecule has 0 amide bonds. The van der Waals surface area contributed by atoms with Gasteiger partial charge in [-0.3, -0.25) is 11.3 Å². The largest absolute Gasteiger partial charge is 0.496 e. The summed E-state index contributed by atoms with van der Waals surface area (Å²) in [7, 11) is 1.66. The molecule has 1 aromatic heterocycles. The Morgan fingerprint density at radius 1 is 1.48 bits per heavy atom. The summed E-state index contributed by atoms with van der Waals surface area (Å²) in [5.41, 5.74) is 5.09. The average Bonchev–Trinajstić information content (AvgIpc) is 2.93. The van der Waals surface area contributed by atoms with Crippen LogP contribution in [0.15, 0.2) is 22.7 Å². The molecule has 1 atom stereocenters. The van der Waals surface area contributed by atoms with E-state index >= 15 is 0 Å². The Balaban J connectivity index is 2.18. The molecule has 0 radical (unpaired) electrons. The Hall–Kier alpha value is -1.02. The highest BCUT2D eigenvalue weighted by atomic mass is 79.9. The van der Waals surface area contributed by atoms with E-state index in [0.717, 1.165) is 40.1 Å². The van der Waals surface area contributed by atoms with Gasteiger partial charge in [0.05, 0.1) is 28.2 Å². The Labute approximate surface area is 137 Å². The summed E-state index contributed by atoms with van der Waals surface area (Å²) in [6.07, 6.45) is 2.75. The van der Waals surface area contributed by atoms with Crippen molar-refractivity contribution < 1.29 is 4.74 Å². The molecular formula is C14H19BrN4OS. The number of nitrogens with two attached hydrogens (primary N) is 1. The van der Waals surface area contributed by atoms with Gasteiger partial charge in [0.15, 0.2) is 0 Å². The molecule has 0 saturated carbocycles. The maximum absolute atomic E-state index is 5.74. The van der Waals surface area contributed by atoms with Crippen molar-refractivity contribution in [2.24, 2.45) is 5.84 Å². The van der Waals surface area contributed by atoms with Crippen LogP contribution < -0.4 is 16.0 Å². The van der Waals surface area contributed by atoms with E-state index in [0.29, 0.717) is 0 Å². The number of benzene rings is 1. The minimum atomic E-state index is 0.0202.